The van der Waals surface area contributed by atoms with Gasteiger partial charge in [-0.15, -0.1) is 10.2 Å². The SMILES string of the molecule is CN(Cc1nnc2n1CCCCC2)C(=O)Cn1c(COc2ccccc2)nc2ccccc21. The number of nitrogens with zero attached hydrogens (tertiary/aromatic N) is 6. The van der Waals surface area contributed by atoms with E-state index in [0.29, 0.717) is 6.54 Å². The number of imidazole rings is 1. The van der Waals surface area contributed by atoms with E-state index < -0.39 is 0 Å². The van der Waals surface area contributed by atoms with Gasteiger partial charge in [-0.25, -0.2) is 4.98 Å². The van der Waals surface area contributed by atoms with E-state index in [0.717, 1.165) is 60.1 Å². The number of hydrogen-bond acceptors (Lipinski definition) is 5. The molecule has 2 aromatic heterocycles. The Labute approximate surface area is 192 Å². The Bertz CT molecular complexity index is 1250. The van der Waals surface area contributed by atoms with Crippen LogP contribution in [0.25, 0.3) is 11.0 Å². The highest BCUT2D eigenvalue weighted by Crippen LogP contribution is 2.19. The van der Waals surface area contributed by atoms with Crippen LogP contribution in [-0.2, 0) is 37.5 Å². The number of rotatable bonds is 7. The lowest BCUT2D eigenvalue weighted by molar-refractivity contribution is -0.131. The molecule has 0 saturated heterocycles. The summed E-state index contributed by atoms with van der Waals surface area (Å²) in [5.74, 6) is 3.37. The molecule has 1 amide bonds. The summed E-state index contributed by atoms with van der Waals surface area (Å²) in [4.78, 5) is 19.7. The van der Waals surface area contributed by atoms with Gasteiger partial charge in [0.1, 0.15) is 30.5 Å². The number of carbonyl (C=O) groups is 1. The molecule has 8 heteroatoms. The third kappa shape index (κ3) is 4.60. The third-order valence-electron chi connectivity index (χ3n) is 6.13. The van der Waals surface area contributed by atoms with E-state index in [1.165, 1.54) is 6.42 Å². The maximum absolute atomic E-state index is 13.2. The highest BCUT2D eigenvalue weighted by molar-refractivity contribution is 5.81. The summed E-state index contributed by atoms with van der Waals surface area (Å²) in [6.07, 6.45) is 4.44. The van der Waals surface area contributed by atoms with E-state index >= 15 is 0 Å². The summed E-state index contributed by atoms with van der Waals surface area (Å²) < 4.78 is 10.1. The molecule has 1 aliphatic rings. The van der Waals surface area contributed by atoms with E-state index in [-0.39, 0.29) is 19.1 Å². The Morgan fingerprint density at radius 1 is 1.00 bits per heavy atom. The zero-order chi connectivity index (χ0) is 22.6. The Morgan fingerprint density at radius 3 is 2.70 bits per heavy atom. The van der Waals surface area contributed by atoms with Gasteiger partial charge in [-0.1, -0.05) is 36.8 Å². The van der Waals surface area contributed by atoms with Crippen LogP contribution < -0.4 is 4.74 Å². The van der Waals surface area contributed by atoms with Crippen LogP contribution in [0.15, 0.2) is 54.6 Å². The van der Waals surface area contributed by atoms with Crippen molar-refractivity contribution < 1.29 is 9.53 Å². The molecule has 1 aliphatic heterocycles. The van der Waals surface area contributed by atoms with E-state index in [9.17, 15) is 4.79 Å². The van der Waals surface area contributed by atoms with Crippen molar-refractivity contribution in [2.75, 3.05) is 7.05 Å². The number of ether oxygens (including phenoxy) is 1. The summed E-state index contributed by atoms with van der Waals surface area (Å²) in [5, 5.41) is 8.73. The third-order valence-corrected chi connectivity index (χ3v) is 6.13. The number of aryl methyl sites for hydroxylation is 1. The number of fused-ring (bicyclic) bond motifs is 2. The van der Waals surface area contributed by atoms with Crippen molar-refractivity contribution in [3.05, 3.63) is 72.1 Å². The van der Waals surface area contributed by atoms with Crippen LogP contribution in [0.4, 0.5) is 0 Å². The fourth-order valence-electron chi connectivity index (χ4n) is 4.30. The van der Waals surface area contributed by atoms with Crippen LogP contribution in [0.2, 0.25) is 0 Å². The van der Waals surface area contributed by atoms with Gasteiger partial charge in [0.25, 0.3) is 0 Å². The smallest absolute Gasteiger partial charge is 0.242 e. The highest BCUT2D eigenvalue weighted by atomic mass is 16.5. The zero-order valence-corrected chi connectivity index (χ0v) is 18.9. The van der Waals surface area contributed by atoms with Gasteiger partial charge in [0, 0.05) is 20.0 Å². The predicted molar refractivity (Wildman–Crippen MR) is 125 cm³/mol. The van der Waals surface area contributed by atoms with Gasteiger partial charge in [-0.3, -0.25) is 4.79 Å². The second-order valence-electron chi connectivity index (χ2n) is 8.45. The Morgan fingerprint density at radius 2 is 1.82 bits per heavy atom. The molecular weight excluding hydrogens is 416 g/mol. The molecule has 0 bridgehead atoms. The van der Waals surface area contributed by atoms with Crippen molar-refractivity contribution in [3.63, 3.8) is 0 Å². The van der Waals surface area contributed by atoms with Crippen molar-refractivity contribution >= 4 is 16.9 Å². The fraction of sp³-hybridized carbons (Fsp3) is 0.360. The largest absolute Gasteiger partial charge is 0.486 e. The lowest BCUT2D eigenvalue weighted by Gasteiger charge is -2.19. The lowest BCUT2D eigenvalue weighted by Crippen LogP contribution is -2.31. The molecule has 0 spiro atoms. The molecule has 0 aliphatic carbocycles. The minimum absolute atomic E-state index is 0.00918. The van der Waals surface area contributed by atoms with Crippen LogP contribution in [0, 0.1) is 0 Å². The molecule has 0 radical (unpaired) electrons. The Hall–Kier alpha value is -3.68. The van der Waals surface area contributed by atoms with Crippen molar-refractivity contribution in [1.82, 2.24) is 29.2 Å². The van der Waals surface area contributed by atoms with Gasteiger partial charge >= 0.3 is 0 Å². The van der Waals surface area contributed by atoms with E-state index in [1.54, 1.807) is 4.90 Å². The quantitative estimate of drug-likeness (QED) is 0.435. The fourth-order valence-corrected chi connectivity index (χ4v) is 4.30. The summed E-state index contributed by atoms with van der Waals surface area (Å²) >= 11 is 0. The van der Waals surface area contributed by atoms with Crippen molar-refractivity contribution in [2.24, 2.45) is 0 Å². The van der Waals surface area contributed by atoms with E-state index in [2.05, 4.69) is 14.8 Å². The number of aromatic nitrogens is 5. The average molecular weight is 445 g/mol. The van der Waals surface area contributed by atoms with Crippen LogP contribution in [-0.4, -0.2) is 42.2 Å². The van der Waals surface area contributed by atoms with Crippen molar-refractivity contribution in [1.29, 1.82) is 0 Å². The second-order valence-corrected chi connectivity index (χ2v) is 8.45. The number of amides is 1. The second kappa shape index (κ2) is 9.44. The normalized spacial score (nSPS) is 13.5. The number of carbonyl (C=O) groups excluding carboxylic acids is 1. The standard InChI is InChI=1S/C25H28N6O2/c1-29(16-23-28-27-22-14-6-3-9-15-30(22)23)25(32)17-31-21-13-8-7-12-20(21)26-24(31)18-33-19-10-4-2-5-11-19/h2,4-5,7-8,10-13H,3,6,9,14-18H2,1H3. The van der Waals surface area contributed by atoms with Gasteiger partial charge in [0.2, 0.25) is 5.91 Å². The minimum atomic E-state index is -0.00918. The first-order valence-corrected chi connectivity index (χ1v) is 11.5. The van der Waals surface area contributed by atoms with Crippen molar-refractivity contribution in [2.45, 2.75) is 51.9 Å². The number of para-hydroxylation sites is 3. The van der Waals surface area contributed by atoms with Gasteiger partial charge in [0.15, 0.2) is 5.82 Å². The monoisotopic (exact) mass is 444 g/mol. The molecule has 5 rings (SSSR count). The minimum Gasteiger partial charge on any atom is -0.486 e. The average Bonchev–Trinajstić information content (AvgIpc) is 3.29. The molecule has 4 aromatic rings. The van der Waals surface area contributed by atoms with Gasteiger partial charge in [0.05, 0.1) is 17.6 Å². The molecular formula is C25H28N6O2. The molecule has 8 nitrogen and oxygen atoms in total. The van der Waals surface area contributed by atoms with E-state index in [4.69, 9.17) is 9.72 Å². The molecule has 0 fully saturated rings. The topological polar surface area (TPSA) is 78.1 Å². The Balaban J connectivity index is 1.33. The summed E-state index contributed by atoms with van der Waals surface area (Å²) in [7, 11) is 1.82. The molecule has 3 heterocycles. The highest BCUT2D eigenvalue weighted by Gasteiger charge is 2.20. The zero-order valence-electron chi connectivity index (χ0n) is 18.9. The van der Waals surface area contributed by atoms with Crippen LogP contribution in [0.1, 0.15) is 36.7 Å². The predicted octanol–water partition coefficient (Wildman–Crippen LogP) is 3.59. The van der Waals surface area contributed by atoms with Gasteiger partial charge in [-0.2, -0.15) is 0 Å². The molecule has 33 heavy (non-hydrogen) atoms. The Kier molecular flexibility index (Phi) is 6.06. The van der Waals surface area contributed by atoms with Crippen LogP contribution in [0.5, 0.6) is 5.75 Å². The van der Waals surface area contributed by atoms with Crippen LogP contribution >= 0.6 is 0 Å². The number of benzene rings is 2. The maximum Gasteiger partial charge on any atom is 0.242 e. The summed E-state index contributed by atoms with van der Waals surface area (Å²) in [5.41, 5.74) is 1.77. The molecule has 170 valence electrons. The molecule has 0 N–H and O–H groups in total. The maximum atomic E-state index is 13.2. The number of hydrogen-bond donors (Lipinski definition) is 0. The summed E-state index contributed by atoms with van der Waals surface area (Å²) in [6, 6.07) is 17.5. The van der Waals surface area contributed by atoms with Crippen LogP contribution in [0.3, 0.4) is 0 Å². The van der Waals surface area contributed by atoms with Gasteiger partial charge in [-0.05, 0) is 37.1 Å². The first kappa shape index (κ1) is 21.2. The lowest BCUT2D eigenvalue weighted by atomic mass is 10.2. The van der Waals surface area contributed by atoms with E-state index in [1.807, 2.05) is 66.2 Å². The molecule has 0 saturated carbocycles. The molecule has 2 aromatic carbocycles. The first-order valence-electron chi connectivity index (χ1n) is 11.5. The molecule has 0 atom stereocenters. The van der Waals surface area contributed by atoms with Gasteiger partial charge < -0.3 is 18.8 Å². The first-order chi connectivity index (χ1) is 16.2. The summed E-state index contributed by atoms with van der Waals surface area (Å²) in [6.45, 7) is 1.83. The van der Waals surface area contributed by atoms with Crippen molar-refractivity contribution in [3.8, 4) is 5.75 Å². The number of likely N-dealkylation sites (N-methyl/N-ethyl adjacent to an activating group) is 1. The molecule has 0 unspecified atom stereocenters.